The van der Waals surface area contributed by atoms with E-state index in [1.54, 1.807) is 24.3 Å². The second kappa shape index (κ2) is 5.98. The third-order valence-electron chi connectivity index (χ3n) is 2.50. The lowest BCUT2D eigenvalue weighted by atomic mass is 10.1. The van der Waals surface area contributed by atoms with Crippen LogP contribution in [0, 0.1) is 11.3 Å². The molecule has 19 heavy (non-hydrogen) atoms. The van der Waals surface area contributed by atoms with Crippen molar-refractivity contribution in [1.29, 1.82) is 5.26 Å². The van der Waals surface area contributed by atoms with Crippen molar-refractivity contribution < 1.29 is 0 Å². The summed E-state index contributed by atoms with van der Waals surface area (Å²) < 4.78 is 0. The number of pyridine rings is 1. The minimum atomic E-state index is 0.198. The van der Waals surface area contributed by atoms with Gasteiger partial charge in [-0.05, 0) is 18.2 Å². The molecule has 0 aliphatic rings. The number of halogens is 4. The molecule has 0 spiro atoms. The van der Waals surface area contributed by atoms with Crippen molar-refractivity contribution in [3.05, 3.63) is 50.0 Å². The van der Waals surface area contributed by atoms with Crippen molar-refractivity contribution in [3.8, 4) is 17.3 Å². The van der Waals surface area contributed by atoms with E-state index in [1.807, 2.05) is 6.07 Å². The molecule has 1 heterocycles. The summed E-state index contributed by atoms with van der Waals surface area (Å²) in [4.78, 5) is 4.21. The maximum atomic E-state index is 8.66. The number of hydrogen-bond acceptors (Lipinski definition) is 2. The highest BCUT2D eigenvalue weighted by Gasteiger charge is 2.14. The topological polar surface area (TPSA) is 36.7 Å². The Hall–Kier alpha value is -0.980. The Morgan fingerprint density at radius 3 is 2.32 bits per heavy atom. The molecule has 0 aliphatic carbocycles. The Balaban J connectivity index is 2.58. The summed E-state index contributed by atoms with van der Waals surface area (Å²) in [6.45, 7) is 0. The maximum Gasteiger partial charge on any atom is 0.133 e. The van der Waals surface area contributed by atoms with Crippen LogP contribution in [0.1, 0.15) is 5.56 Å². The van der Waals surface area contributed by atoms with E-state index in [4.69, 9.17) is 51.7 Å². The van der Waals surface area contributed by atoms with Crippen LogP contribution in [0.4, 0.5) is 0 Å². The molecule has 0 unspecified atom stereocenters. The monoisotopic (exact) mass is 330 g/mol. The number of hydrogen-bond donors (Lipinski definition) is 0. The summed E-state index contributed by atoms with van der Waals surface area (Å²) in [7, 11) is 0. The maximum absolute atomic E-state index is 8.66. The minimum Gasteiger partial charge on any atom is -0.236 e. The molecule has 2 aromatic rings. The highest BCUT2D eigenvalue weighted by Crippen LogP contribution is 2.38. The number of rotatable bonds is 2. The van der Waals surface area contributed by atoms with Gasteiger partial charge in [0.25, 0.3) is 0 Å². The van der Waals surface area contributed by atoms with Crippen molar-refractivity contribution in [2.24, 2.45) is 0 Å². The second-order valence-electron chi connectivity index (χ2n) is 3.70. The van der Waals surface area contributed by atoms with Crippen molar-refractivity contribution in [2.45, 2.75) is 6.42 Å². The van der Waals surface area contributed by atoms with Crippen LogP contribution < -0.4 is 0 Å². The fraction of sp³-hybridized carbons (Fsp3) is 0.0769. The van der Waals surface area contributed by atoms with Crippen LogP contribution in [-0.2, 0) is 6.42 Å². The van der Waals surface area contributed by atoms with Crippen LogP contribution in [-0.4, -0.2) is 4.98 Å². The molecule has 96 valence electrons. The Morgan fingerprint density at radius 2 is 1.68 bits per heavy atom. The van der Waals surface area contributed by atoms with E-state index >= 15 is 0 Å². The summed E-state index contributed by atoms with van der Waals surface area (Å²) >= 11 is 24.2. The van der Waals surface area contributed by atoms with E-state index in [0.717, 1.165) is 0 Å². The summed E-state index contributed by atoms with van der Waals surface area (Å²) in [6, 6.07) is 8.71. The average molecular weight is 332 g/mol. The molecule has 0 N–H and O–H groups in total. The van der Waals surface area contributed by atoms with Crippen LogP contribution >= 0.6 is 46.4 Å². The summed E-state index contributed by atoms with van der Waals surface area (Å²) in [5.41, 5.74) is 1.70. The molecule has 0 fully saturated rings. The number of aromatic nitrogens is 1. The van der Waals surface area contributed by atoms with E-state index in [2.05, 4.69) is 4.98 Å². The lowest BCUT2D eigenvalue weighted by molar-refractivity contribution is 1.19. The second-order valence-corrected chi connectivity index (χ2v) is 5.25. The molecule has 1 aromatic heterocycles. The first kappa shape index (κ1) is 14.4. The molecule has 0 atom stereocenters. The van der Waals surface area contributed by atoms with E-state index in [9.17, 15) is 0 Å². The first-order valence-corrected chi connectivity index (χ1v) is 6.72. The number of nitrogens with zero attached hydrogens (tertiary/aromatic N) is 2. The summed E-state index contributed by atoms with van der Waals surface area (Å²) in [5.74, 6) is 0. The van der Waals surface area contributed by atoms with Gasteiger partial charge in [-0.2, -0.15) is 5.26 Å². The predicted octanol–water partition coefficient (Wildman–Crippen LogP) is 5.43. The summed E-state index contributed by atoms with van der Waals surface area (Å²) in [6.07, 6.45) is 0.198. The van der Waals surface area contributed by atoms with Gasteiger partial charge in [-0.3, -0.25) is 0 Å². The smallest absolute Gasteiger partial charge is 0.133 e. The molecular weight excluding hydrogens is 326 g/mol. The van der Waals surface area contributed by atoms with Gasteiger partial charge in [0.05, 0.1) is 33.3 Å². The first-order chi connectivity index (χ1) is 9.04. The lowest BCUT2D eigenvalue weighted by Crippen LogP contribution is -1.92. The quantitative estimate of drug-likeness (QED) is 0.543. The van der Waals surface area contributed by atoms with Gasteiger partial charge in [0, 0.05) is 11.1 Å². The van der Waals surface area contributed by atoms with E-state index in [-0.39, 0.29) is 11.6 Å². The molecule has 2 nitrogen and oxygen atoms in total. The highest BCUT2D eigenvalue weighted by molar-refractivity contribution is 6.46. The van der Waals surface area contributed by atoms with Gasteiger partial charge in [0.2, 0.25) is 0 Å². The zero-order chi connectivity index (χ0) is 14.0. The summed E-state index contributed by atoms with van der Waals surface area (Å²) in [5, 5.41) is 10.1. The van der Waals surface area contributed by atoms with Crippen molar-refractivity contribution >= 4 is 46.4 Å². The minimum absolute atomic E-state index is 0.198. The first-order valence-electron chi connectivity index (χ1n) is 5.21. The van der Waals surface area contributed by atoms with Gasteiger partial charge >= 0.3 is 0 Å². The molecule has 6 heteroatoms. The zero-order valence-corrected chi connectivity index (χ0v) is 12.4. The Kier molecular flexibility index (Phi) is 4.54. The Morgan fingerprint density at radius 1 is 1.00 bits per heavy atom. The third-order valence-corrected chi connectivity index (χ3v) is 3.94. The third kappa shape index (κ3) is 2.96. The zero-order valence-electron chi connectivity index (χ0n) is 9.42. The average Bonchev–Trinajstić information content (AvgIpc) is 2.38. The molecule has 0 saturated carbocycles. The molecule has 0 bridgehead atoms. The Labute approximate surface area is 130 Å². The van der Waals surface area contributed by atoms with Crippen molar-refractivity contribution in [1.82, 2.24) is 4.98 Å². The number of nitriles is 1. The van der Waals surface area contributed by atoms with Crippen molar-refractivity contribution in [2.75, 3.05) is 0 Å². The number of benzene rings is 1. The van der Waals surface area contributed by atoms with Gasteiger partial charge < -0.3 is 0 Å². The van der Waals surface area contributed by atoms with Crippen LogP contribution in [0.2, 0.25) is 20.2 Å². The van der Waals surface area contributed by atoms with Crippen LogP contribution in [0.3, 0.4) is 0 Å². The van der Waals surface area contributed by atoms with Gasteiger partial charge in [-0.1, -0.05) is 52.5 Å². The molecule has 0 aliphatic heterocycles. The van der Waals surface area contributed by atoms with E-state index < -0.39 is 0 Å². The fourth-order valence-corrected chi connectivity index (χ4v) is 2.52. The van der Waals surface area contributed by atoms with Crippen LogP contribution in [0.25, 0.3) is 11.3 Å². The van der Waals surface area contributed by atoms with E-state index in [0.29, 0.717) is 31.9 Å². The SMILES string of the molecule is N#CCc1ccc(-c2c(Cl)ccc(Cl)c2Cl)nc1Cl. The van der Waals surface area contributed by atoms with Gasteiger partial charge in [-0.25, -0.2) is 4.98 Å². The van der Waals surface area contributed by atoms with E-state index in [1.165, 1.54) is 0 Å². The largest absolute Gasteiger partial charge is 0.236 e. The lowest BCUT2D eigenvalue weighted by Gasteiger charge is -2.09. The fourth-order valence-electron chi connectivity index (χ4n) is 1.58. The molecule has 0 saturated heterocycles. The van der Waals surface area contributed by atoms with Gasteiger partial charge in [-0.15, -0.1) is 0 Å². The molecular formula is C13H6Cl4N2. The standard InChI is InChI=1S/C13H6Cl4N2/c14-8-2-3-9(15)12(16)11(8)10-4-1-7(5-6-18)13(17)19-10/h1-4H,5H2. The van der Waals surface area contributed by atoms with Gasteiger partial charge in [0.1, 0.15) is 5.15 Å². The van der Waals surface area contributed by atoms with Crippen LogP contribution in [0.5, 0.6) is 0 Å². The molecule has 2 rings (SSSR count). The van der Waals surface area contributed by atoms with Crippen LogP contribution in [0.15, 0.2) is 24.3 Å². The normalized spacial score (nSPS) is 10.3. The molecule has 1 aromatic carbocycles. The Bertz CT molecular complexity index is 677. The predicted molar refractivity (Wildman–Crippen MR) is 79.0 cm³/mol. The van der Waals surface area contributed by atoms with Crippen molar-refractivity contribution in [3.63, 3.8) is 0 Å². The van der Waals surface area contributed by atoms with Gasteiger partial charge in [0.15, 0.2) is 0 Å². The highest BCUT2D eigenvalue weighted by atomic mass is 35.5. The molecule has 0 amide bonds. The molecule has 0 radical (unpaired) electrons.